The molecule has 3 rings (SSSR count). The van der Waals surface area contributed by atoms with Crippen molar-refractivity contribution in [3.05, 3.63) is 42.0 Å². The number of anilines is 1. The minimum Gasteiger partial charge on any atom is -0.493 e. The minimum atomic E-state index is -3.57. The van der Waals surface area contributed by atoms with E-state index in [1.165, 1.54) is 33.5 Å². The largest absolute Gasteiger partial charge is 0.493 e. The zero-order chi connectivity index (χ0) is 22.6. The van der Waals surface area contributed by atoms with Gasteiger partial charge in [0.1, 0.15) is 0 Å². The molecule has 0 aliphatic carbocycles. The van der Waals surface area contributed by atoms with Crippen molar-refractivity contribution in [1.29, 1.82) is 0 Å². The van der Waals surface area contributed by atoms with Crippen LogP contribution >= 0.6 is 0 Å². The average molecular weight is 449 g/mol. The van der Waals surface area contributed by atoms with Crippen molar-refractivity contribution in [2.75, 3.05) is 33.2 Å². The van der Waals surface area contributed by atoms with E-state index in [1.807, 2.05) is 6.92 Å². The highest BCUT2D eigenvalue weighted by Crippen LogP contribution is 2.40. The average Bonchev–Trinajstić information content (AvgIpc) is 2.78. The number of piperidine rings is 1. The number of methoxy groups -OCH3 is 3. The van der Waals surface area contributed by atoms with Gasteiger partial charge in [0.25, 0.3) is 5.91 Å². The van der Waals surface area contributed by atoms with Gasteiger partial charge in [-0.2, -0.15) is 4.31 Å². The molecule has 1 amide bonds. The van der Waals surface area contributed by atoms with Crippen LogP contribution in [-0.4, -0.2) is 52.5 Å². The fraction of sp³-hybridized carbons (Fsp3) is 0.409. The molecule has 168 valence electrons. The molecule has 1 aliphatic rings. The lowest BCUT2D eigenvalue weighted by Gasteiger charge is -2.32. The van der Waals surface area contributed by atoms with Crippen molar-refractivity contribution in [3.63, 3.8) is 0 Å². The second-order valence-corrected chi connectivity index (χ2v) is 9.21. The van der Waals surface area contributed by atoms with Gasteiger partial charge in [-0.05, 0) is 56.2 Å². The Morgan fingerprint density at radius 1 is 0.968 bits per heavy atom. The van der Waals surface area contributed by atoms with Crippen LogP contribution in [0.2, 0.25) is 0 Å². The molecular weight excluding hydrogens is 420 g/mol. The van der Waals surface area contributed by atoms with Crippen molar-refractivity contribution < 1.29 is 27.4 Å². The van der Waals surface area contributed by atoms with Gasteiger partial charge in [-0.15, -0.1) is 0 Å². The zero-order valence-corrected chi connectivity index (χ0v) is 19.0. The van der Waals surface area contributed by atoms with Crippen LogP contribution in [-0.2, 0) is 10.0 Å². The van der Waals surface area contributed by atoms with Crippen molar-refractivity contribution in [2.24, 2.45) is 0 Å². The van der Waals surface area contributed by atoms with E-state index in [0.717, 1.165) is 19.3 Å². The standard InChI is InChI=1S/C22H28N2O6S/c1-15-7-5-6-14-24(15)31(26,27)17-10-8-16(9-11-17)23-22(25)18-12-13-19(28-2)21(30-4)20(18)29-3/h8-13,15H,5-7,14H2,1-4H3,(H,23,25)/t15-/m1/s1. The Kier molecular flexibility index (Phi) is 7.07. The normalized spacial score (nSPS) is 17.1. The number of hydrogen-bond donors (Lipinski definition) is 1. The molecular formula is C22H28N2O6S. The monoisotopic (exact) mass is 448 g/mol. The van der Waals surface area contributed by atoms with E-state index >= 15 is 0 Å². The van der Waals surface area contributed by atoms with Gasteiger partial charge in [0, 0.05) is 18.3 Å². The minimum absolute atomic E-state index is 0.0179. The van der Waals surface area contributed by atoms with Crippen molar-refractivity contribution >= 4 is 21.6 Å². The molecule has 2 aromatic rings. The Hall–Kier alpha value is -2.78. The Balaban J connectivity index is 1.81. The molecule has 1 fully saturated rings. The van der Waals surface area contributed by atoms with Gasteiger partial charge in [-0.25, -0.2) is 8.42 Å². The third-order valence-electron chi connectivity index (χ3n) is 5.41. The third kappa shape index (κ3) is 4.62. The summed E-state index contributed by atoms with van der Waals surface area (Å²) in [5.74, 6) is 0.586. The van der Waals surface area contributed by atoms with E-state index in [0.29, 0.717) is 23.7 Å². The van der Waals surface area contributed by atoms with Crippen molar-refractivity contribution in [2.45, 2.75) is 37.1 Å². The van der Waals surface area contributed by atoms with Crippen LogP contribution in [0.4, 0.5) is 5.69 Å². The number of ether oxygens (including phenoxy) is 3. The smallest absolute Gasteiger partial charge is 0.259 e. The number of sulfonamides is 1. The maximum Gasteiger partial charge on any atom is 0.259 e. The summed E-state index contributed by atoms with van der Waals surface area (Å²) < 4.78 is 43.4. The van der Waals surface area contributed by atoms with Gasteiger partial charge in [0.05, 0.1) is 31.8 Å². The fourth-order valence-electron chi connectivity index (χ4n) is 3.75. The zero-order valence-electron chi connectivity index (χ0n) is 18.2. The molecule has 0 unspecified atom stereocenters. The number of carbonyl (C=O) groups excluding carboxylic acids is 1. The predicted octanol–water partition coefficient (Wildman–Crippen LogP) is 3.53. The lowest BCUT2D eigenvalue weighted by molar-refractivity contribution is 0.102. The highest BCUT2D eigenvalue weighted by Gasteiger charge is 2.31. The molecule has 0 spiro atoms. The first kappa shape index (κ1) is 22.9. The Labute approximate surface area is 183 Å². The molecule has 0 bridgehead atoms. The molecule has 1 N–H and O–H groups in total. The SMILES string of the molecule is COc1ccc(C(=O)Nc2ccc(S(=O)(=O)N3CCCC[C@H]3C)cc2)c(OC)c1OC. The molecule has 1 aliphatic heterocycles. The summed E-state index contributed by atoms with van der Waals surface area (Å²) in [6.45, 7) is 2.46. The summed E-state index contributed by atoms with van der Waals surface area (Å²) in [7, 11) is 0.834. The van der Waals surface area contributed by atoms with E-state index in [-0.39, 0.29) is 22.3 Å². The number of carbonyl (C=O) groups is 1. The molecule has 9 heteroatoms. The third-order valence-corrected chi connectivity index (χ3v) is 7.44. The predicted molar refractivity (Wildman–Crippen MR) is 118 cm³/mol. The van der Waals surface area contributed by atoms with Crippen LogP contribution < -0.4 is 19.5 Å². The molecule has 8 nitrogen and oxygen atoms in total. The van der Waals surface area contributed by atoms with Gasteiger partial charge in [-0.1, -0.05) is 6.42 Å². The number of benzene rings is 2. The summed E-state index contributed by atoms with van der Waals surface area (Å²) in [5.41, 5.74) is 0.728. The summed E-state index contributed by atoms with van der Waals surface area (Å²) in [6, 6.07) is 9.35. The van der Waals surface area contributed by atoms with Crippen molar-refractivity contribution in [3.8, 4) is 17.2 Å². The Morgan fingerprint density at radius 3 is 2.23 bits per heavy atom. The van der Waals surface area contributed by atoms with Crippen LogP contribution in [0.3, 0.4) is 0 Å². The first-order chi connectivity index (χ1) is 14.8. The molecule has 0 aromatic heterocycles. The summed E-state index contributed by atoms with van der Waals surface area (Å²) >= 11 is 0. The summed E-state index contributed by atoms with van der Waals surface area (Å²) in [5, 5.41) is 2.76. The first-order valence-corrected chi connectivity index (χ1v) is 11.5. The van der Waals surface area contributed by atoms with E-state index in [1.54, 1.807) is 28.6 Å². The number of nitrogens with zero attached hydrogens (tertiary/aromatic N) is 1. The van der Waals surface area contributed by atoms with Gasteiger partial charge in [-0.3, -0.25) is 4.79 Å². The number of nitrogens with one attached hydrogen (secondary N) is 1. The van der Waals surface area contributed by atoms with Crippen LogP contribution in [0, 0.1) is 0 Å². The molecule has 0 radical (unpaired) electrons. The number of hydrogen-bond acceptors (Lipinski definition) is 6. The highest BCUT2D eigenvalue weighted by molar-refractivity contribution is 7.89. The maximum absolute atomic E-state index is 13.0. The van der Waals surface area contributed by atoms with E-state index in [2.05, 4.69) is 5.32 Å². The van der Waals surface area contributed by atoms with Crippen LogP contribution in [0.15, 0.2) is 41.3 Å². The summed E-state index contributed by atoms with van der Waals surface area (Å²) in [4.78, 5) is 13.0. The van der Waals surface area contributed by atoms with Gasteiger partial charge < -0.3 is 19.5 Å². The van der Waals surface area contributed by atoms with E-state index in [4.69, 9.17) is 14.2 Å². The number of amides is 1. The van der Waals surface area contributed by atoms with Gasteiger partial charge in [0.15, 0.2) is 11.5 Å². The lowest BCUT2D eigenvalue weighted by atomic mass is 10.1. The molecule has 1 saturated heterocycles. The van der Waals surface area contributed by atoms with Crippen LogP contribution in [0.5, 0.6) is 17.2 Å². The lowest BCUT2D eigenvalue weighted by Crippen LogP contribution is -2.41. The summed E-state index contributed by atoms with van der Waals surface area (Å²) in [6.07, 6.45) is 2.77. The Bertz CT molecular complexity index is 1040. The second-order valence-electron chi connectivity index (χ2n) is 7.32. The maximum atomic E-state index is 13.0. The molecule has 2 aromatic carbocycles. The van der Waals surface area contributed by atoms with Crippen LogP contribution in [0.25, 0.3) is 0 Å². The number of rotatable bonds is 7. The second kappa shape index (κ2) is 9.57. The highest BCUT2D eigenvalue weighted by atomic mass is 32.2. The molecule has 1 heterocycles. The van der Waals surface area contributed by atoms with E-state index < -0.39 is 15.9 Å². The van der Waals surface area contributed by atoms with E-state index in [9.17, 15) is 13.2 Å². The van der Waals surface area contributed by atoms with Gasteiger partial charge in [0.2, 0.25) is 15.8 Å². The molecule has 31 heavy (non-hydrogen) atoms. The van der Waals surface area contributed by atoms with Gasteiger partial charge >= 0.3 is 0 Å². The molecule has 0 saturated carbocycles. The first-order valence-electron chi connectivity index (χ1n) is 10.1. The van der Waals surface area contributed by atoms with Crippen LogP contribution in [0.1, 0.15) is 36.5 Å². The Morgan fingerprint density at radius 2 is 1.65 bits per heavy atom. The topological polar surface area (TPSA) is 94.2 Å². The van der Waals surface area contributed by atoms with Crippen molar-refractivity contribution in [1.82, 2.24) is 4.31 Å². The molecule has 1 atom stereocenters. The quantitative estimate of drug-likeness (QED) is 0.696. The fourth-order valence-corrected chi connectivity index (χ4v) is 5.45.